The summed E-state index contributed by atoms with van der Waals surface area (Å²) in [4.78, 5) is 18.9. The Balaban J connectivity index is 2.25. The van der Waals surface area contributed by atoms with Gasteiger partial charge in [-0.25, -0.2) is 0 Å². The van der Waals surface area contributed by atoms with Crippen LogP contribution in [-0.2, 0) is 0 Å². The normalized spacial score (nSPS) is 19.9. The van der Waals surface area contributed by atoms with Gasteiger partial charge in [0.1, 0.15) is 0 Å². The molecule has 0 radical (unpaired) electrons. The van der Waals surface area contributed by atoms with Gasteiger partial charge in [0.2, 0.25) is 0 Å². The Morgan fingerprint density at radius 1 is 1.47 bits per heavy atom. The SMILES string of the molecule is CCC1CCCCCN1C(=O)c1ccncc1NC. The Morgan fingerprint density at radius 3 is 3.05 bits per heavy atom. The molecule has 4 nitrogen and oxygen atoms in total. The molecule has 4 heteroatoms. The molecule has 104 valence electrons. The van der Waals surface area contributed by atoms with Gasteiger partial charge in [0, 0.05) is 25.8 Å². The Hall–Kier alpha value is -1.58. The molecule has 1 aliphatic heterocycles. The zero-order valence-corrected chi connectivity index (χ0v) is 11.9. The minimum atomic E-state index is 0.139. The molecule has 1 amide bonds. The Kier molecular flexibility index (Phi) is 4.77. The zero-order chi connectivity index (χ0) is 13.7. The second kappa shape index (κ2) is 6.55. The number of rotatable bonds is 3. The van der Waals surface area contributed by atoms with Crippen LogP contribution >= 0.6 is 0 Å². The molecule has 0 aromatic carbocycles. The van der Waals surface area contributed by atoms with E-state index in [0.717, 1.165) is 37.1 Å². The minimum absolute atomic E-state index is 0.139. The summed E-state index contributed by atoms with van der Waals surface area (Å²) in [7, 11) is 1.83. The molecule has 1 aromatic rings. The van der Waals surface area contributed by atoms with E-state index in [2.05, 4.69) is 22.1 Å². The van der Waals surface area contributed by atoms with Crippen LogP contribution in [0.25, 0.3) is 0 Å². The number of nitrogens with zero attached hydrogens (tertiary/aromatic N) is 2. The largest absolute Gasteiger partial charge is 0.386 e. The number of hydrogen-bond acceptors (Lipinski definition) is 3. The van der Waals surface area contributed by atoms with E-state index in [1.807, 2.05) is 13.1 Å². The minimum Gasteiger partial charge on any atom is -0.386 e. The van der Waals surface area contributed by atoms with Crippen molar-refractivity contribution in [3.8, 4) is 0 Å². The fourth-order valence-corrected chi connectivity index (χ4v) is 2.80. The number of amides is 1. The molecule has 1 aromatic heterocycles. The predicted molar refractivity (Wildman–Crippen MR) is 77.4 cm³/mol. The molecule has 1 fully saturated rings. The van der Waals surface area contributed by atoms with Gasteiger partial charge < -0.3 is 10.2 Å². The molecule has 0 spiro atoms. The fourth-order valence-electron chi connectivity index (χ4n) is 2.80. The number of carbonyl (C=O) groups excluding carboxylic acids is 1. The Morgan fingerprint density at radius 2 is 2.32 bits per heavy atom. The highest BCUT2D eigenvalue weighted by atomic mass is 16.2. The molecular weight excluding hydrogens is 238 g/mol. The number of aromatic nitrogens is 1. The monoisotopic (exact) mass is 261 g/mol. The van der Waals surface area contributed by atoms with Gasteiger partial charge in [0.15, 0.2) is 0 Å². The van der Waals surface area contributed by atoms with E-state index in [1.54, 1.807) is 12.4 Å². The highest BCUT2D eigenvalue weighted by molar-refractivity contribution is 5.99. The van der Waals surface area contributed by atoms with Gasteiger partial charge in [0.05, 0.1) is 17.4 Å². The predicted octanol–water partition coefficient (Wildman–Crippen LogP) is 2.92. The number of anilines is 1. The molecule has 1 saturated heterocycles. The maximum Gasteiger partial charge on any atom is 0.256 e. The molecule has 19 heavy (non-hydrogen) atoms. The average Bonchev–Trinajstić information content (AvgIpc) is 2.71. The van der Waals surface area contributed by atoms with Crippen LogP contribution in [0, 0.1) is 0 Å². The van der Waals surface area contributed by atoms with Crippen LogP contribution in [0.2, 0.25) is 0 Å². The number of carbonyl (C=O) groups is 1. The van der Waals surface area contributed by atoms with Crippen molar-refractivity contribution in [3.63, 3.8) is 0 Å². The maximum atomic E-state index is 12.8. The van der Waals surface area contributed by atoms with Crippen LogP contribution in [0.3, 0.4) is 0 Å². The highest BCUT2D eigenvalue weighted by Crippen LogP contribution is 2.23. The molecule has 1 atom stereocenters. The van der Waals surface area contributed by atoms with Crippen LogP contribution in [0.15, 0.2) is 18.5 Å². The first-order chi connectivity index (χ1) is 9.27. The van der Waals surface area contributed by atoms with Gasteiger partial charge in [-0.2, -0.15) is 0 Å². The summed E-state index contributed by atoms with van der Waals surface area (Å²) in [5, 5.41) is 3.05. The molecule has 1 unspecified atom stereocenters. The second-order valence-electron chi connectivity index (χ2n) is 5.08. The van der Waals surface area contributed by atoms with Crippen molar-refractivity contribution in [1.82, 2.24) is 9.88 Å². The van der Waals surface area contributed by atoms with Crippen molar-refractivity contribution in [3.05, 3.63) is 24.0 Å². The van der Waals surface area contributed by atoms with Crippen LogP contribution in [0.4, 0.5) is 5.69 Å². The molecular formula is C15H23N3O. The molecule has 0 bridgehead atoms. The van der Waals surface area contributed by atoms with E-state index in [0.29, 0.717) is 6.04 Å². The lowest BCUT2D eigenvalue weighted by Crippen LogP contribution is -2.39. The number of hydrogen-bond donors (Lipinski definition) is 1. The first kappa shape index (κ1) is 13.8. The number of likely N-dealkylation sites (tertiary alicyclic amines) is 1. The van der Waals surface area contributed by atoms with Gasteiger partial charge in [0.25, 0.3) is 5.91 Å². The van der Waals surface area contributed by atoms with Crippen LogP contribution in [0.1, 0.15) is 49.4 Å². The molecule has 0 saturated carbocycles. The van der Waals surface area contributed by atoms with Crippen LogP contribution in [-0.4, -0.2) is 35.4 Å². The molecule has 1 N–H and O–H groups in total. The van der Waals surface area contributed by atoms with E-state index in [1.165, 1.54) is 12.8 Å². The van der Waals surface area contributed by atoms with E-state index in [-0.39, 0.29) is 5.91 Å². The topological polar surface area (TPSA) is 45.2 Å². The quantitative estimate of drug-likeness (QED) is 0.910. The third-order valence-corrected chi connectivity index (χ3v) is 3.93. The fraction of sp³-hybridized carbons (Fsp3) is 0.600. The van der Waals surface area contributed by atoms with Crippen LogP contribution in [0.5, 0.6) is 0 Å². The first-order valence-electron chi connectivity index (χ1n) is 7.20. The van der Waals surface area contributed by atoms with E-state index < -0.39 is 0 Å². The van der Waals surface area contributed by atoms with E-state index in [9.17, 15) is 4.79 Å². The molecule has 2 heterocycles. The summed E-state index contributed by atoms with van der Waals surface area (Å²) in [5.41, 5.74) is 1.55. The van der Waals surface area contributed by atoms with Crippen molar-refractivity contribution >= 4 is 11.6 Å². The lowest BCUT2D eigenvalue weighted by molar-refractivity contribution is 0.0679. The maximum absolute atomic E-state index is 12.8. The lowest BCUT2D eigenvalue weighted by atomic mass is 10.1. The van der Waals surface area contributed by atoms with E-state index >= 15 is 0 Å². The summed E-state index contributed by atoms with van der Waals surface area (Å²) in [5.74, 6) is 0.139. The Bertz CT molecular complexity index is 433. The zero-order valence-electron chi connectivity index (χ0n) is 11.9. The third kappa shape index (κ3) is 3.06. The van der Waals surface area contributed by atoms with Gasteiger partial charge in [-0.3, -0.25) is 9.78 Å². The summed E-state index contributed by atoms with van der Waals surface area (Å²) in [6.45, 7) is 3.05. The lowest BCUT2D eigenvalue weighted by Gasteiger charge is -2.30. The van der Waals surface area contributed by atoms with Crippen molar-refractivity contribution < 1.29 is 4.79 Å². The van der Waals surface area contributed by atoms with Gasteiger partial charge in [-0.15, -0.1) is 0 Å². The van der Waals surface area contributed by atoms with Crippen molar-refractivity contribution in [2.45, 2.75) is 45.1 Å². The number of nitrogens with one attached hydrogen (secondary N) is 1. The smallest absolute Gasteiger partial charge is 0.256 e. The molecule has 1 aliphatic rings. The summed E-state index contributed by atoms with van der Waals surface area (Å²) >= 11 is 0. The van der Waals surface area contributed by atoms with Gasteiger partial charge >= 0.3 is 0 Å². The highest BCUT2D eigenvalue weighted by Gasteiger charge is 2.26. The first-order valence-corrected chi connectivity index (χ1v) is 7.20. The summed E-state index contributed by atoms with van der Waals surface area (Å²) < 4.78 is 0. The number of pyridine rings is 1. The average molecular weight is 261 g/mol. The van der Waals surface area contributed by atoms with E-state index in [4.69, 9.17) is 0 Å². The van der Waals surface area contributed by atoms with Gasteiger partial charge in [-0.1, -0.05) is 19.8 Å². The van der Waals surface area contributed by atoms with Crippen molar-refractivity contribution in [1.29, 1.82) is 0 Å². The molecule has 2 rings (SSSR count). The van der Waals surface area contributed by atoms with Gasteiger partial charge in [-0.05, 0) is 25.3 Å². The summed E-state index contributed by atoms with van der Waals surface area (Å²) in [6.07, 6.45) is 9.14. The third-order valence-electron chi connectivity index (χ3n) is 3.93. The van der Waals surface area contributed by atoms with Crippen molar-refractivity contribution in [2.75, 3.05) is 18.9 Å². The summed E-state index contributed by atoms with van der Waals surface area (Å²) in [6, 6.07) is 2.19. The standard InChI is InChI=1S/C15H23N3O/c1-3-12-7-5-4-6-10-18(12)15(19)13-8-9-17-11-14(13)16-2/h8-9,11-12,16H,3-7,10H2,1-2H3. The Labute approximate surface area is 115 Å². The second-order valence-corrected chi connectivity index (χ2v) is 5.08. The van der Waals surface area contributed by atoms with Crippen LogP contribution < -0.4 is 5.32 Å². The van der Waals surface area contributed by atoms with Crippen molar-refractivity contribution in [2.24, 2.45) is 0 Å². The molecule has 0 aliphatic carbocycles.